The average molecular weight is 600 g/mol. The summed E-state index contributed by atoms with van der Waals surface area (Å²) in [6, 6.07) is 23.5. The molecule has 6 aromatic rings. The van der Waals surface area contributed by atoms with Crippen molar-refractivity contribution >= 4 is 45.4 Å². The highest BCUT2D eigenvalue weighted by Crippen LogP contribution is 2.26. The number of piperazine rings is 1. The summed E-state index contributed by atoms with van der Waals surface area (Å²) in [6.07, 6.45) is 5.12. The van der Waals surface area contributed by atoms with Gasteiger partial charge in [0.25, 0.3) is 0 Å². The molecule has 7 rings (SSSR count). The van der Waals surface area contributed by atoms with Crippen molar-refractivity contribution < 1.29 is 4.79 Å². The molecule has 0 aliphatic carbocycles. The second kappa shape index (κ2) is 11.8. The maximum absolute atomic E-state index is 13.4. The Bertz CT molecular complexity index is 2000. The van der Waals surface area contributed by atoms with E-state index in [4.69, 9.17) is 10.7 Å². The Hall–Kier alpha value is -5.62. The number of nitrogens with zero attached hydrogens (tertiary/aromatic N) is 8. The first-order valence-corrected chi connectivity index (χ1v) is 14.8. The number of likely N-dealkylation sites (N-methyl/N-ethyl adjacent to an activating group) is 1. The molecule has 1 saturated heterocycles. The van der Waals surface area contributed by atoms with E-state index in [9.17, 15) is 4.79 Å². The molecule has 0 spiro atoms. The maximum Gasteiger partial charge on any atom is 0.321 e. The van der Waals surface area contributed by atoms with E-state index in [0.717, 1.165) is 45.3 Å². The first kappa shape index (κ1) is 28.2. The number of imidazole rings is 1. The van der Waals surface area contributed by atoms with Crippen LogP contribution in [0.1, 0.15) is 6.92 Å². The number of benzene rings is 3. The molecular formula is C33H33N11O. The van der Waals surface area contributed by atoms with E-state index in [2.05, 4.69) is 49.4 Å². The van der Waals surface area contributed by atoms with Crippen molar-refractivity contribution in [3.8, 4) is 17.1 Å². The van der Waals surface area contributed by atoms with E-state index in [1.165, 1.54) is 0 Å². The van der Waals surface area contributed by atoms with E-state index >= 15 is 0 Å². The van der Waals surface area contributed by atoms with Crippen LogP contribution in [0, 0.1) is 0 Å². The first-order chi connectivity index (χ1) is 21.9. The van der Waals surface area contributed by atoms with Gasteiger partial charge in [-0.15, -0.1) is 0 Å². The summed E-state index contributed by atoms with van der Waals surface area (Å²) in [6.45, 7) is 4.05. The van der Waals surface area contributed by atoms with Crippen LogP contribution in [0.3, 0.4) is 0 Å². The molecule has 4 N–H and O–H groups in total. The molecular weight excluding hydrogens is 566 g/mol. The largest absolute Gasteiger partial charge is 0.368 e. The smallest absolute Gasteiger partial charge is 0.321 e. The SMILES string of the molecule is C[C@H](Nc1nccc(-n2cnc3cc(-c4ccnc(N)n4)ccc32)n1)[C@H]1CN(C(=O)Nc2cccc3ccccc23)CCN1C. The van der Waals surface area contributed by atoms with Gasteiger partial charge in [0.05, 0.1) is 22.4 Å². The molecule has 1 aliphatic heterocycles. The summed E-state index contributed by atoms with van der Waals surface area (Å²) in [5.41, 5.74) is 9.92. The molecule has 4 heterocycles. The molecule has 2 amide bonds. The zero-order chi connectivity index (χ0) is 30.9. The first-order valence-electron chi connectivity index (χ1n) is 14.8. The van der Waals surface area contributed by atoms with Gasteiger partial charge in [-0.25, -0.2) is 24.7 Å². The highest BCUT2D eigenvalue weighted by Gasteiger charge is 2.31. The van der Waals surface area contributed by atoms with Crippen molar-refractivity contribution in [1.29, 1.82) is 0 Å². The fourth-order valence-electron chi connectivity index (χ4n) is 5.90. The molecule has 0 bridgehead atoms. The third kappa shape index (κ3) is 5.70. The fourth-order valence-corrected chi connectivity index (χ4v) is 5.90. The lowest BCUT2D eigenvalue weighted by atomic mass is 10.1. The lowest BCUT2D eigenvalue weighted by Gasteiger charge is -2.42. The van der Waals surface area contributed by atoms with Gasteiger partial charge in [0.15, 0.2) is 0 Å². The number of carbonyl (C=O) groups excluding carboxylic acids is 1. The predicted octanol–water partition coefficient (Wildman–Crippen LogP) is 4.66. The number of carbonyl (C=O) groups is 1. The quantitative estimate of drug-likeness (QED) is 0.249. The standard InChI is InChI=1S/C33H33N11O/c1-21(29-19-43(17-16-42(29)2)33(45)40-26-9-5-7-22-6-3-4-8-24(22)26)38-32-36-15-13-30(41-32)44-20-37-27-18-23(10-11-28(27)44)25-12-14-35-31(34)39-25/h3-15,18,20-21,29H,16-17,19H2,1-2H3,(H,40,45)(H2,34,35,39)(H,36,38,41)/t21-,29+/m0/s1. The van der Waals surface area contributed by atoms with Crippen LogP contribution in [0.15, 0.2) is 91.5 Å². The molecule has 3 aromatic carbocycles. The van der Waals surface area contributed by atoms with Gasteiger partial charge in [-0.05, 0) is 49.7 Å². The minimum absolute atomic E-state index is 0.0409. The lowest BCUT2D eigenvalue weighted by Crippen LogP contribution is -2.59. The summed E-state index contributed by atoms with van der Waals surface area (Å²) in [4.78, 5) is 39.7. The number of urea groups is 1. The minimum Gasteiger partial charge on any atom is -0.368 e. The number of hydrogen-bond acceptors (Lipinski definition) is 9. The highest BCUT2D eigenvalue weighted by atomic mass is 16.2. The van der Waals surface area contributed by atoms with E-state index in [1.807, 2.05) is 82.3 Å². The Morgan fingerprint density at radius 3 is 2.69 bits per heavy atom. The zero-order valence-electron chi connectivity index (χ0n) is 25.0. The summed E-state index contributed by atoms with van der Waals surface area (Å²) < 4.78 is 1.93. The normalized spacial score (nSPS) is 16.1. The molecule has 0 saturated carbocycles. The van der Waals surface area contributed by atoms with Crippen LogP contribution in [0.4, 0.5) is 22.4 Å². The number of anilines is 3. The van der Waals surface area contributed by atoms with Crippen molar-refractivity contribution in [2.24, 2.45) is 0 Å². The number of aromatic nitrogens is 6. The molecule has 1 aliphatic rings. The second-order valence-electron chi connectivity index (χ2n) is 11.2. The average Bonchev–Trinajstić information content (AvgIpc) is 3.49. The van der Waals surface area contributed by atoms with Crippen LogP contribution < -0.4 is 16.4 Å². The Labute approximate surface area is 260 Å². The van der Waals surface area contributed by atoms with Crippen LogP contribution in [0.5, 0.6) is 0 Å². The Kier molecular flexibility index (Phi) is 7.39. The molecule has 12 nitrogen and oxygen atoms in total. The minimum atomic E-state index is -0.103. The van der Waals surface area contributed by atoms with Crippen LogP contribution in [-0.4, -0.2) is 84.1 Å². The summed E-state index contributed by atoms with van der Waals surface area (Å²) in [5.74, 6) is 1.42. The van der Waals surface area contributed by atoms with E-state index < -0.39 is 0 Å². The van der Waals surface area contributed by atoms with Gasteiger partial charge in [0.2, 0.25) is 11.9 Å². The monoisotopic (exact) mass is 599 g/mol. The number of amides is 2. The molecule has 1 fully saturated rings. The number of nitrogens with two attached hydrogens (primary N) is 1. The maximum atomic E-state index is 13.4. The lowest BCUT2D eigenvalue weighted by molar-refractivity contribution is 0.108. The van der Waals surface area contributed by atoms with Gasteiger partial charge >= 0.3 is 6.03 Å². The topological polar surface area (TPSA) is 143 Å². The Morgan fingerprint density at radius 1 is 0.956 bits per heavy atom. The number of fused-ring (bicyclic) bond motifs is 2. The number of hydrogen-bond donors (Lipinski definition) is 3. The van der Waals surface area contributed by atoms with Crippen LogP contribution in [-0.2, 0) is 0 Å². The molecule has 226 valence electrons. The predicted molar refractivity (Wildman–Crippen MR) is 176 cm³/mol. The van der Waals surface area contributed by atoms with Crippen molar-refractivity contribution in [3.63, 3.8) is 0 Å². The van der Waals surface area contributed by atoms with Crippen LogP contribution in [0.25, 0.3) is 38.9 Å². The van der Waals surface area contributed by atoms with Crippen molar-refractivity contribution in [2.75, 3.05) is 43.0 Å². The number of nitrogens with one attached hydrogen (secondary N) is 2. The summed E-state index contributed by atoms with van der Waals surface area (Å²) >= 11 is 0. The van der Waals surface area contributed by atoms with E-state index in [-0.39, 0.29) is 24.1 Å². The fraction of sp³-hybridized carbons (Fsp3) is 0.212. The van der Waals surface area contributed by atoms with E-state index in [0.29, 0.717) is 24.9 Å². The Balaban J connectivity index is 1.05. The summed E-state index contributed by atoms with van der Waals surface area (Å²) in [7, 11) is 2.09. The number of nitrogen functional groups attached to an aromatic ring is 1. The van der Waals surface area contributed by atoms with Crippen molar-refractivity contribution in [1.82, 2.24) is 39.3 Å². The molecule has 3 aromatic heterocycles. The van der Waals surface area contributed by atoms with Gasteiger partial charge in [-0.3, -0.25) is 9.47 Å². The number of rotatable bonds is 6. The van der Waals surface area contributed by atoms with Crippen LogP contribution >= 0.6 is 0 Å². The van der Waals surface area contributed by atoms with Gasteiger partial charge in [-0.2, -0.15) is 4.98 Å². The molecule has 45 heavy (non-hydrogen) atoms. The Morgan fingerprint density at radius 2 is 1.80 bits per heavy atom. The molecule has 0 unspecified atom stereocenters. The summed E-state index contributed by atoms with van der Waals surface area (Å²) in [5, 5.41) is 8.73. The van der Waals surface area contributed by atoms with Gasteiger partial charge < -0.3 is 21.3 Å². The van der Waals surface area contributed by atoms with Crippen molar-refractivity contribution in [2.45, 2.75) is 19.0 Å². The zero-order valence-corrected chi connectivity index (χ0v) is 25.0. The van der Waals surface area contributed by atoms with Gasteiger partial charge in [-0.1, -0.05) is 42.5 Å². The van der Waals surface area contributed by atoms with E-state index in [1.54, 1.807) is 18.7 Å². The third-order valence-electron chi connectivity index (χ3n) is 8.35. The second-order valence-corrected chi connectivity index (χ2v) is 11.2. The molecule has 0 radical (unpaired) electrons. The third-order valence-corrected chi connectivity index (χ3v) is 8.35. The van der Waals surface area contributed by atoms with Crippen LogP contribution in [0.2, 0.25) is 0 Å². The molecule has 2 atom stereocenters. The molecule has 12 heteroatoms. The highest BCUT2D eigenvalue weighted by molar-refractivity contribution is 6.01. The van der Waals surface area contributed by atoms with Gasteiger partial charge in [0.1, 0.15) is 12.1 Å². The van der Waals surface area contributed by atoms with Gasteiger partial charge in [0, 0.05) is 55.1 Å². The van der Waals surface area contributed by atoms with Crippen molar-refractivity contribution in [3.05, 3.63) is 91.5 Å².